The Morgan fingerprint density at radius 3 is 2.18 bits per heavy atom. The number of benzene rings is 3. The van der Waals surface area contributed by atoms with Crippen molar-refractivity contribution in [1.82, 2.24) is 0 Å². The Bertz CT molecular complexity index is 1100. The first-order valence-electron chi connectivity index (χ1n) is 12.9. The van der Waals surface area contributed by atoms with Crippen molar-refractivity contribution in [3.8, 4) is 11.5 Å². The van der Waals surface area contributed by atoms with Crippen molar-refractivity contribution < 1.29 is 6.16 Å². The molecule has 0 spiro atoms. The highest BCUT2D eigenvalue weighted by Crippen LogP contribution is 2.33. The molecule has 3 aromatic rings. The molecule has 1 heteroatoms. The Morgan fingerprint density at radius 2 is 1.53 bits per heavy atom. The maximum Gasteiger partial charge on any atom is 0.133 e. The molecule has 0 amide bonds. The van der Waals surface area contributed by atoms with E-state index in [1.54, 1.807) is 0 Å². The molecule has 0 saturated heterocycles. The van der Waals surface area contributed by atoms with Crippen molar-refractivity contribution in [3.05, 3.63) is 99.6 Å². The fourth-order valence-corrected chi connectivity index (χ4v) is 4.29. The van der Waals surface area contributed by atoms with Crippen LogP contribution in [0.15, 0.2) is 60.7 Å². The minimum atomic E-state index is 0. The summed E-state index contributed by atoms with van der Waals surface area (Å²) >= 11 is 0. The van der Waals surface area contributed by atoms with E-state index in [-0.39, 0.29) is 6.84 Å². The molecule has 0 aromatic heterocycles. The van der Waals surface area contributed by atoms with Crippen molar-refractivity contribution >= 4 is 6.08 Å². The second kappa shape index (κ2) is 12.6. The first-order chi connectivity index (χ1) is 16.2. The fourth-order valence-electron chi connectivity index (χ4n) is 4.29. The highest BCUT2D eigenvalue weighted by molar-refractivity contribution is 5.59. The van der Waals surface area contributed by atoms with Crippen molar-refractivity contribution in [2.75, 3.05) is 0 Å². The molecule has 3 rings (SSSR count). The molecule has 34 heavy (non-hydrogen) atoms. The molecule has 0 fully saturated rings. The maximum absolute atomic E-state index is 6.46. The van der Waals surface area contributed by atoms with Gasteiger partial charge >= 0.3 is 0 Å². The summed E-state index contributed by atoms with van der Waals surface area (Å²) in [7, 11) is 0. The van der Waals surface area contributed by atoms with E-state index in [2.05, 4.69) is 115 Å². The number of para-hydroxylation sites is 2. The summed E-state index contributed by atoms with van der Waals surface area (Å²) < 4.78 is 6.46. The second-order valence-electron chi connectivity index (χ2n) is 9.69. The van der Waals surface area contributed by atoms with Crippen LogP contribution in [0.2, 0.25) is 0 Å². The molecule has 0 unspecified atom stereocenters. The van der Waals surface area contributed by atoms with Crippen molar-refractivity contribution in [3.63, 3.8) is 0 Å². The summed E-state index contributed by atoms with van der Waals surface area (Å²) in [5, 5.41) is 0. The lowest BCUT2D eigenvalue weighted by Gasteiger charge is -2.24. The van der Waals surface area contributed by atoms with E-state index in [0.29, 0.717) is 0 Å². The zero-order valence-corrected chi connectivity index (χ0v) is 22.9. The average molecular weight is 459 g/mol. The van der Waals surface area contributed by atoms with Crippen LogP contribution in [0.5, 0.6) is 11.5 Å². The smallest absolute Gasteiger partial charge is 0.133 e. The van der Waals surface area contributed by atoms with Gasteiger partial charge in [0.15, 0.2) is 0 Å². The van der Waals surface area contributed by atoms with Crippen LogP contribution >= 0.6 is 0 Å². The average Bonchev–Trinajstić information content (AvgIpc) is 2.83. The normalized spacial score (nSPS) is 11.3. The van der Waals surface area contributed by atoms with Gasteiger partial charge in [0.1, 0.15) is 11.5 Å². The van der Waals surface area contributed by atoms with E-state index in [9.17, 15) is 0 Å². The summed E-state index contributed by atoms with van der Waals surface area (Å²) in [6.07, 6.45) is 7.41. The molecule has 0 saturated carbocycles. The van der Waals surface area contributed by atoms with E-state index in [1.165, 1.54) is 38.9 Å². The molecule has 184 valence electrons. The first kappa shape index (κ1) is 27.4. The molecule has 0 radical (unpaired) electrons. The Labute approximate surface area is 210 Å². The van der Waals surface area contributed by atoms with Crippen molar-refractivity contribution in [2.45, 2.75) is 87.0 Å². The standard InChI is InChI=1S/C31H38O.C2H6.H2/c1-8-24-20-27(23(4)28(21-24)31(5,6)7)18-13-17-26-15-10-11-19-29(26)32-30-22(3)14-12-16-25(30)9-2;1-2;/h10-16,18-21H,8-9,17H2,1-7H3;1-2H3;1H/b18-13-;;. The van der Waals surface area contributed by atoms with Crippen LogP contribution < -0.4 is 4.74 Å². The zero-order chi connectivity index (χ0) is 25.3. The Kier molecular flexibility index (Phi) is 10.2. The lowest BCUT2D eigenvalue weighted by molar-refractivity contribution is 0.468. The van der Waals surface area contributed by atoms with E-state index in [1.807, 2.05) is 13.8 Å². The van der Waals surface area contributed by atoms with Gasteiger partial charge in [-0.2, -0.15) is 0 Å². The third-order valence-electron chi connectivity index (χ3n) is 6.22. The molecule has 1 nitrogen and oxygen atoms in total. The minimum absolute atomic E-state index is 0. The molecule has 0 aliphatic heterocycles. The van der Waals surface area contributed by atoms with Gasteiger partial charge in [-0.15, -0.1) is 0 Å². The quantitative estimate of drug-likeness (QED) is 0.342. The van der Waals surface area contributed by atoms with Crippen LogP contribution in [0.4, 0.5) is 0 Å². The summed E-state index contributed by atoms with van der Waals surface area (Å²) in [5.41, 5.74) is 9.30. The number of rotatable bonds is 7. The number of allylic oxidation sites excluding steroid dienone is 1. The maximum atomic E-state index is 6.46. The first-order valence-corrected chi connectivity index (χ1v) is 12.9. The minimum Gasteiger partial charge on any atom is -0.457 e. The van der Waals surface area contributed by atoms with Gasteiger partial charge in [0, 0.05) is 1.43 Å². The van der Waals surface area contributed by atoms with Crippen LogP contribution in [0.3, 0.4) is 0 Å². The van der Waals surface area contributed by atoms with Gasteiger partial charge in [0.2, 0.25) is 0 Å². The number of ether oxygens (including phenoxy) is 1. The zero-order valence-electron chi connectivity index (χ0n) is 22.9. The van der Waals surface area contributed by atoms with Gasteiger partial charge in [0.05, 0.1) is 0 Å². The largest absolute Gasteiger partial charge is 0.457 e. The van der Waals surface area contributed by atoms with E-state index in [4.69, 9.17) is 4.74 Å². The Balaban J connectivity index is 0.00000199. The van der Waals surface area contributed by atoms with Crippen LogP contribution in [0.25, 0.3) is 6.08 Å². The van der Waals surface area contributed by atoms with Gasteiger partial charge in [-0.1, -0.05) is 109 Å². The molecule has 0 N–H and O–H groups in total. The summed E-state index contributed by atoms with van der Waals surface area (Å²) in [4.78, 5) is 0. The Morgan fingerprint density at radius 1 is 0.853 bits per heavy atom. The molecule has 0 heterocycles. The van der Waals surface area contributed by atoms with Crippen molar-refractivity contribution in [1.29, 1.82) is 0 Å². The molecule has 0 aliphatic carbocycles. The highest BCUT2D eigenvalue weighted by atomic mass is 16.5. The number of hydrogen-bond acceptors (Lipinski definition) is 1. The van der Waals surface area contributed by atoms with Crippen LogP contribution in [0, 0.1) is 13.8 Å². The molecular formula is C33H46O. The van der Waals surface area contributed by atoms with Gasteiger partial charge < -0.3 is 4.74 Å². The van der Waals surface area contributed by atoms with Gasteiger partial charge in [-0.05, 0) is 83.5 Å². The van der Waals surface area contributed by atoms with Crippen LogP contribution in [-0.4, -0.2) is 0 Å². The van der Waals surface area contributed by atoms with E-state index >= 15 is 0 Å². The van der Waals surface area contributed by atoms with Gasteiger partial charge in [0.25, 0.3) is 0 Å². The lowest BCUT2D eigenvalue weighted by Crippen LogP contribution is -2.14. The molecule has 0 aliphatic rings. The third-order valence-corrected chi connectivity index (χ3v) is 6.22. The lowest BCUT2D eigenvalue weighted by atomic mass is 9.81. The molecule has 3 aromatic carbocycles. The fraction of sp³-hybridized carbons (Fsp3) is 0.394. The number of aryl methyl sites for hydroxylation is 3. The van der Waals surface area contributed by atoms with Crippen LogP contribution in [-0.2, 0) is 24.7 Å². The third kappa shape index (κ3) is 6.86. The highest BCUT2D eigenvalue weighted by Gasteiger charge is 2.18. The molecule has 0 bridgehead atoms. The summed E-state index contributed by atoms with van der Waals surface area (Å²) in [6, 6.07) is 19.5. The summed E-state index contributed by atoms with van der Waals surface area (Å²) in [6.45, 7) is 19.7. The Hall–Kier alpha value is -2.80. The van der Waals surface area contributed by atoms with Gasteiger partial charge in [-0.25, -0.2) is 0 Å². The predicted octanol–water partition coefficient (Wildman–Crippen LogP) is 10.0. The molecular weight excluding hydrogens is 412 g/mol. The number of hydrogen-bond donors (Lipinski definition) is 0. The monoisotopic (exact) mass is 458 g/mol. The summed E-state index contributed by atoms with van der Waals surface area (Å²) in [5.74, 6) is 1.93. The van der Waals surface area contributed by atoms with Gasteiger partial charge in [-0.3, -0.25) is 0 Å². The van der Waals surface area contributed by atoms with Crippen LogP contribution in [0.1, 0.15) is 88.8 Å². The topological polar surface area (TPSA) is 9.23 Å². The predicted molar refractivity (Wildman–Crippen MR) is 153 cm³/mol. The van der Waals surface area contributed by atoms with E-state index < -0.39 is 0 Å². The second-order valence-corrected chi connectivity index (χ2v) is 9.69. The molecule has 0 atom stereocenters. The SMILES string of the molecule is CC.CCc1cc(/C=C\Cc2ccccc2Oc2c(C)cccc2CC)c(C)c(C(C)(C)C)c1.[HH]. The van der Waals surface area contributed by atoms with E-state index in [0.717, 1.165) is 30.8 Å². The van der Waals surface area contributed by atoms with Crippen molar-refractivity contribution in [2.24, 2.45) is 0 Å².